The second-order valence-electron chi connectivity index (χ2n) is 5.41. The quantitative estimate of drug-likeness (QED) is 0.911. The van der Waals surface area contributed by atoms with Crippen LogP contribution in [0, 0.1) is 12.8 Å². The Bertz CT molecular complexity index is 375. The molecule has 4 nitrogen and oxygen atoms in total. The van der Waals surface area contributed by atoms with Crippen LogP contribution >= 0.6 is 12.4 Å². The average molecular weight is 273 g/mol. The molecule has 1 aliphatic heterocycles. The number of hydrogen-bond acceptors (Lipinski definition) is 3. The first kappa shape index (κ1) is 15.5. The van der Waals surface area contributed by atoms with Gasteiger partial charge in [-0.1, -0.05) is 0 Å². The van der Waals surface area contributed by atoms with Crippen molar-refractivity contribution in [3.63, 3.8) is 0 Å². The molecule has 0 saturated carbocycles. The van der Waals surface area contributed by atoms with Gasteiger partial charge >= 0.3 is 0 Å². The minimum Gasteiger partial charge on any atom is -0.328 e. The molecule has 2 N–H and O–H groups in total. The number of likely N-dealkylation sites (tertiary alicyclic amines) is 1. The Hall–Kier alpha value is -0.580. The lowest BCUT2D eigenvalue weighted by molar-refractivity contribution is 0.154. The molecule has 2 atom stereocenters. The van der Waals surface area contributed by atoms with Crippen LogP contribution in [0.25, 0.3) is 0 Å². The summed E-state index contributed by atoms with van der Waals surface area (Å²) in [5, 5.41) is 4.40. The summed E-state index contributed by atoms with van der Waals surface area (Å²) in [6.45, 7) is 7.55. The van der Waals surface area contributed by atoms with Gasteiger partial charge in [0.25, 0.3) is 0 Å². The predicted molar refractivity (Wildman–Crippen MR) is 76.8 cm³/mol. The second-order valence-corrected chi connectivity index (χ2v) is 5.41. The molecule has 1 aliphatic rings. The van der Waals surface area contributed by atoms with E-state index in [-0.39, 0.29) is 12.4 Å². The average Bonchev–Trinajstić information content (AvgIpc) is 2.58. The maximum Gasteiger partial charge on any atom is 0.0638 e. The van der Waals surface area contributed by atoms with Gasteiger partial charge in [-0.05, 0) is 39.2 Å². The minimum atomic E-state index is 0. The van der Waals surface area contributed by atoms with E-state index in [4.69, 9.17) is 5.73 Å². The number of aryl methyl sites for hydroxylation is 2. The molecule has 2 unspecified atom stereocenters. The van der Waals surface area contributed by atoms with Crippen molar-refractivity contribution in [2.45, 2.75) is 39.3 Å². The number of halogens is 1. The molecule has 0 bridgehead atoms. The smallest absolute Gasteiger partial charge is 0.0638 e. The summed E-state index contributed by atoms with van der Waals surface area (Å²) in [5.74, 6) is 0.653. The van der Waals surface area contributed by atoms with E-state index >= 15 is 0 Å². The fraction of sp³-hybridized carbons (Fsp3) is 0.769. The SMILES string of the molecule is Cc1nn(C)cc1CN1CCCC(C(C)N)C1.Cl. The highest BCUT2D eigenvalue weighted by molar-refractivity contribution is 5.85. The molecule has 104 valence electrons. The first-order chi connectivity index (χ1) is 8.06. The first-order valence-electron chi connectivity index (χ1n) is 6.53. The number of aromatic nitrogens is 2. The van der Waals surface area contributed by atoms with Gasteiger partial charge in [0.05, 0.1) is 5.69 Å². The van der Waals surface area contributed by atoms with Crippen LogP contribution in [0.2, 0.25) is 0 Å². The van der Waals surface area contributed by atoms with E-state index in [9.17, 15) is 0 Å². The van der Waals surface area contributed by atoms with Gasteiger partial charge in [-0.25, -0.2) is 0 Å². The topological polar surface area (TPSA) is 47.1 Å². The molecule has 1 aromatic rings. The lowest BCUT2D eigenvalue weighted by Crippen LogP contribution is -2.41. The van der Waals surface area contributed by atoms with Crippen molar-refractivity contribution >= 4 is 12.4 Å². The fourth-order valence-corrected chi connectivity index (χ4v) is 2.71. The molecular weight excluding hydrogens is 248 g/mol. The predicted octanol–water partition coefficient (Wildman–Crippen LogP) is 1.71. The third kappa shape index (κ3) is 3.70. The highest BCUT2D eigenvalue weighted by Gasteiger charge is 2.23. The van der Waals surface area contributed by atoms with Crippen LogP contribution < -0.4 is 5.73 Å². The number of nitrogens with zero attached hydrogens (tertiary/aromatic N) is 3. The molecule has 2 heterocycles. The molecule has 0 aliphatic carbocycles. The third-order valence-corrected chi connectivity index (χ3v) is 3.79. The van der Waals surface area contributed by atoms with Gasteiger partial charge in [0.2, 0.25) is 0 Å². The van der Waals surface area contributed by atoms with E-state index in [2.05, 4.69) is 30.0 Å². The zero-order chi connectivity index (χ0) is 12.4. The van der Waals surface area contributed by atoms with Crippen LogP contribution in [-0.4, -0.2) is 33.8 Å². The number of piperidine rings is 1. The van der Waals surface area contributed by atoms with Crippen LogP contribution in [0.5, 0.6) is 0 Å². The van der Waals surface area contributed by atoms with Gasteiger partial charge in [-0.3, -0.25) is 9.58 Å². The lowest BCUT2D eigenvalue weighted by atomic mass is 9.92. The summed E-state index contributed by atoms with van der Waals surface area (Å²) >= 11 is 0. The summed E-state index contributed by atoms with van der Waals surface area (Å²) in [6.07, 6.45) is 4.68. The van der Waals surface area contributed by atoms with E-state index in [1.807, 2.05) is 11.7 Å². The van der Waals surface area contributed by atoms with Crippen LogP contribution in [0.15, 0.2) is 6.20 Å². The van der Waals surface area contributed by atoms with Crippen LogP contribution in [0.1, 0.15) is 31.0 Å². The zero-order valence-corrected chi connectivity index (χ0v) is 12.4. The van der Waals surface area contributed by atoms with Crippen LogP contribution in [0.3, 0.4) is 0 Å². The van der Waals surface area contributed by atoms with Crippen LogP contribution in [0.4, 0.5) is 0 Å². The van der Waals surface area contributed by atoms with Gasteiger partial charge in [-0.15, -0.1) is 12.4 Å². The van der Waals surface area contributed by atoms with Gasteiger partial charge < -0.3 is 5.73 Å². The molecule has 5 heteroatoms. The highest BCUT2D eigenvalue weighted by Crippen LogP contribution is 2.21. The Morgan fingerprint density at radius 1 is 1.56 bits per heavy atom. The maximum absolute atomic E-state index is 6.01. The van der Waals surface area contributed by atoms with Gasteiger partial charge in [-0.2, -0.15) is 5.10 Å². The first-order valence-corrected chi connectivity index (χ1v) is 6.53. The maximum atomic E-state index is 6.01. The fourth-order valence-electron chi connectivity index (χ4n) is 2.71. The minimum absolute atomic E-state index is 0. The van der Waals surface area contributed by atoms with Crippen LogP contribution in [-0.2, 0) is 13.6 Å². The van der Waals surface area contributed by atoms with E-state index in [0.717, 1.165) is 18.8 Å². The Morgan fingerprint density at radius 2 is 2.28 bits per heavy atom. The molecule has 0 aromatic carbocycles. The highest BCUT2D eigenvalue weighted by atomic mass is 35.5. The standard InChI is InChI=1S/C13H24N4.ClH/c1-10(14)12-5-4-6-17(8-12)9-13-7-16(3)15-11(13)2;/h7,10,12H,4-6,8-9,14H2,1-3H3;1H. The Morgan fingerprint density at radius 3 is 2.83 bits per heavy atom. The molecule has 18 heavy (non-hydrogen) atoms. The van der Waals surface area contributed by atoms with E-state index in [0.29, 0.717) is 12.0 Å². The Kier molecular flexibility index (Phi) is 5.63. The van der Waals surface area contributed by atoms with E-state index < -0.39 is 0 Å². The molecule has 0 amide bonds. The Labute approximate surface area is 116 Å². The van der Waals surface area contributed by atoms with E-state index in [1.54, 1.807) is 0 Å². The lowest BCUT2D eigenvalue weighted by Gasteiger charge is -2.34. The van der Waals surface area contributed by atoms with Crippen molar-refractivity contribution in [1.82, 2.24) is 14.7 Å². The monoisotopic (exact) mass is 272 g/mol. The summed E-state index contributed by atoms with van der Waals surface area (Å²) in [5.41, 5.74) is 8.51. The van der Waals surface area contributed by atoms with Crippen molar-refractivity contribution in [1.29, 1.82) is 0 Å². The van der Waals surface area contributed by atoms with Crippen molar-refractivity contribution in [3.8, 4) is 0 Å². The molecule has 0 radical (unpaired) electrons. The van der Waals surface area contributed by atoms with Gasteiger partial charge in [0, 0.05) is 37.9 Å². The van der Waals surface area contributed by atoms with Crippen molar-refractivity contribution in [2.24, 2.45) is 18.7 Å². The summed E-state index contributed by atoms with van der Waals surface area (Å²) in [7, 11) is 1.98. The van der Waals surface area contributed by atoms with Gasteiger partial charge in [0.15, 0.2) is 0 Å². The molecule has 2 rings (SSSR count). The summed E-state index contributed by atoms with van der Waals surface area (Å²) < 4.78 is 1.90. The second kappa shape index (κ2) is 6.55. The summed E-state index contributed by atoms with van der Waals surface area (Å²) in [6, 6.07) is 0.313. The number of nitrogens with two attached hydrogens (primary N) is 1. The molecule has 1 fully saturated rings. The van der Waals surface area contributed by atoms with Crippen molar-refractivity contribution < 1.29 is 0 Å². The molecular formula is C13H25ClN4. The van der Waals surface area contributed by atoms with E-state index in [1.165, 1.54) is 24.9 Å². The molecule has 1 aromatic heterocycles. The zero-order valence-electron chi connectivity index (χ0n) is 11.6. The number of hydrogen-bond donors (Lipinski definition) is 1. The largest absolute Gasteiger partial charge is 0.328 e. The Balaban J connectivity index is 0.00000162. The van der Waals surface area contributed by atoms with Gasteiger partial charge in [0.1, 0.15) is 0 Å². The van der Waals surface area contributed by atoms with Crippen molar-refractivity contribution in [3.05, 3.63) is 17.5 Å². The third-order valence-electron chi connectivity index (χ3n) is 3.79. The normalized spacial score (nSPS) is 22.6. The molecule has 0 spiro atoms. The number of rotatable bonds is 3. The van der Waals surface area contributed by atoms with Crippen molar-refractivity contribution in [2.75, 3.05) is 13.1 Å². The summed E-state index contributed by atoms with van der Waals surface area (Å²) in [4.78, 5) is 2.52. The molecule has 1 saturated heterocycles.